The Labute approximate surface area is 99.9 Å². The Bertz CT molecular complexity index is 447. The van der Waals surface area contributed by atoms with Crippen LogP contribution in [-0.4, -0.2) is 34.3 Å². The Balaban J connectivity index is 2.43. The van der Waals surface area contributed by atoms with E-state index in [2.05, 4.69) is 9.97 Å². The molecule has 5 nitrogen and oxygen atoms in total. The fourth-order valence-electron chi connectivity index (χ4n) is 1.66. The fraction of sp³-hybridized carbons (Fsp3) is 0.583. The standard InChI is InChI=1S/C12H16N2O3/c1-11(2,3)8-4-5-13-9(14-8)12(10(15)16)6-17-7-12/h4-5H,6-7H2,1-3H3,(H,15,16). The molecule has 0 atom stereocenters. The van der Waals surface area contributed by atoms with Crippen molar-refractivity contribution in [3.8, 4) is 0 Å². The molecule has 1 fully saturated rings. The average molecular weight is 236 g/mol. The van der Waals surface area contributed by atoms with Gasteiger partial charge in [-0.15, -0.1) is 0 Å². The summed E-state index contributed by atoms with van der Waals surface area (Å²) in [6.45, 7) is 6.39. The van der Waals surface area contributed by atoms with Crippen molar-refractivity contribution in [1.29, 1.82) is 0 Å². The van der Waals surface area contributed by atoms with E-state index in [1.54, 1.807) is 6.20 Å². The lowest BCUT2D eigenvalue weighted by atomic mass is 9.84. The van der Waals surface area contributed by atoms with E-state index in [1.165, 1.54) is 0 Å². The number of aromatic nitrogens is 2. The molecule has 1 N–H and O–H groups in total. The molecule has 0 saturated carbocycles. The van der Waals surface area contributed by atoms with Crippen LogP contribution in [0.1, 0.15) is 32.3 Å². The lowest BCUT2D eigenvalue weighted by molar-refractivity contribution is -0.164. The van der Waals surface area contributed by atoms with Crippen LogP contribution in [0.2, 0.25) is 0 Å². The molecule has 0 aromatic carbocycles. The molecular weight excluding hydrogens is 220 g/mol. The predicted octanol–water partition coefficient (Wildman–Crippen LogP) is 1.13. The zero-order chi connectivity index (χ0) is 12.7. The van der Waals surface area contributed by atoms with Crippen LogP contribution in [0.15, 0.2) is 12.3 Å². The second kappa shape index (κ2) is 3.77. The molecule has 1 aliphatic rings. The third-order valence-corrected chi connectivity index (χ3v) is 2.96. The van der Waals surface area contributed by atoms with Crippen LogP contribution in [0.5, 0.6) is 0 Å². The normalized spacial score (nSPS) is 18.5. The summed E-state index contributed by atoms with van der Waals surface area (Å²) in [6.07, 6.45) is 1.62. The van der Waals surface area contributed by atoms with Crippen molar-refractivity contribution in [2.24, 2.45) is 0 Å². The van der Waals surface area contributed by atoms with Gasteiger partial charge in [0, 0.05) is 17.3 Å². The number of hydrogen-bond acceptors (Lipinski definition) is 4. The van der Waals surface area contributed by atoms with Crippen molar-refractivity contribution < 1.29 is 14.6 Å². The van der Waals surface area contributed by atoms with Crippen LogP contribution in [0, 0.1) is 0 Å². The fourth-order valence-corrected chi connectivity index (χ4v) is 1.66. The summed E-state index contributed by atoms with van der Waals surface area (Å²) in [7, 11) is 0. The monoisotopic (exact) mass is 236 g/mol. The van der Waals surface area contributed by atoms with E-state index in [4.69, 9.17) is 4.74 Å². The molecule has 2 heterocycles. The zero-order valence-electron chi connectivity index (χ0n) is 10.2. The molecule has 2 rings (SSSR count). The molecule has 1 aromatic rings. The quantitative estimate of drug-likeness (QED) is 0.833. The van der Waals surface area contributed by atoms with Crippen molar-refractivity contribution in [2.45, 2.75) is 31.6 Å². The van der Waals surface area contributed by atoms with Gasteiger partial charge < -0.3 is 9.84 Å². The average Bonchev–Trinajstić information content (AvgIpc) is 2.14. The van der Waals surface area contributed by atoms with Gasteiger partial charge in [-0.05, 0) is 6.07 Å². The van der Waals surface area contributed by atoms with E-state index in [0.29, 0.717) is 5.82 Å². The highest BCUT2D eigenvalue weighted by molar-refractivity contribution is 5.81. The first-order valence-corrected chi connectivity index (χ1v) is 5.51. The minimum atomic E-state index is -1.05. The maximum Gasteiger partial charge on any atom is 0.322 e. The van der Waals surface area contributed by atoms with E-state index >= 15 is 0 Å². The van der Waals surface area contributed by atoms with Gasteiger partial charge in [0.15, 0.2) is 11.2 Å². The highest BCUT2D eigenvalue weighted by Crippen LogP contribution is 2.31. The molecule has 0 unspecified atom stereocenters. The molecule has 0 aliphatic carbocycles. The van der Waals surface area contributed by atoms with Gasteiger partial charge in [0.1, 0.15) is 0 Å². The van der Waals surface area contributed by atoms with E-state index in [0.717, 1.165) is 5.69 Å². The van der Waals surface area contributed by atoms with Crippen molar-refractivity contribution in [1.82, 2.24) is 9.97 Å². The van der Waals surface area contributed by atoms with E-state index in [-0.39, 0.29) is 18.6 Å². The van der Waals surface area contributed by atoms with Crippen LogP contribution in [0.3, 0.4) is 0 Å². The Morgan fingerprint density at radius 2 is 2.12 bits per heavy atom. The summed E-state index contributed by atoms with van der Waals surface area (Å²) < 4.78 is 5.02. The number of carbonyl (C=O) groups is 1. The summed E-state index contributed by atoms with van der Waals surface area (Å²) in [5, 5.41) is 9.27. The molecule has 1 aliphatic heterocycles. The minimum Gasteiger partial charge on any atom is -0.480 e. The molecule has 0 bridgehead atoms. The van der Waals surface area contributed by atoms with Crippen molar-refractivity contribution in [3.63, 3.8) is 0 Å². The molecule has 5 heteroatoms. The van der Waals surface area contributed by atoms with Crippen molar-refractivity contribution in [3.05, 3.63) is 23.8 Å². The topological polar surface area (TPSA) is 72.3 Å². The number of nitrogens with zero attached hydrogens (tertiary/aromatic N) is 2. The van der Waals surface area contributed by atoms with Crippen LogP contribution in [-0.2, 0) is 20.4 Å². The Morgan fingerprint density at radius 1 is 1.47 bits per heavy atom. The second-order valence-corrected chi connectivity index (χ2v) is 5.40. The van der Waals surface area contributed by atoms with E-state index < -0.39 is 11.4 Å². The smallest absolute Gasteiger partial charge is 0.322 e. The Hall–Kier alpha value is -1.49. The van der Waals surface area contributed by atoms with Gasteiger partial charge in [-0.2, -0.15) is 0 Å². The number of ether oxygens (including phenoxy) is 1. The summed E-state index contributed by atoms with van der Waals surface area (Å²) in [4.78, 5) is 19.8. The summed E-state index contributed by atoms with van der Waals surface area (Å²) in [6, 6.07) is 1.82. The highest BCUT2D eigenvalue weighted by atomic mass is 16.5. The van der Waals surface area contributed by atoms with Gasteiger partial charge in [0.05, 0.1) is 13.2 Å². The first-order chi connectivity index (χ1) is 7.86. The van der Waals surface area contributed by atoms with Gasteiger partial charge in [0.25, 0.3) is 0 Å². The maximum atomic E-state index is 11.3. The molecule has 1 aromatic heterocycles. The Morgan fingerprint density at radius 3 is 2.53 bits per heavy atom. The molecule has 17 heavy (non-hydrogen) atoms. The van der Waals surface area contributed by atoms with Gasteiger partial charge in [-0.1, -0.05) is 20.8 Å². The predicted molar refractivity (Wildman–Crippen MR) is 60.9 cm³/mol. The second-order valence-electron chi connectivity index (χ2n) is 5.40. The zero-order valence-corrected chi connectivity index (χ0v) is 10.2. The summed E-state index contributed by atoms with van der Waals surface area (Å²) >= 11 is 0. The highest BCUT2D eigenvalue weighted by Gasteiger charge is 2.50. The molecule has 0 spiro atoms. The van der Waals surface area contributed by atoms with Gasteiger partial charge in [-0.3, -0.25) is 4.79 Å². The SMILES string of the molecule is CC(C)(C)c1ccnc(C2(C(=O)O)COC2)n1. The Kier molecular flexibility index (Phi) is 2.66. The number of hydrogen-bond donors (Lipinski definition) is 1. The van der Waals surface area contributed by atoms with Gasteiger partial charge in [0.2, 0.25) is 0 Å². The molecule has 1 saturated heterocycles. The minimum absolute atomic E-state index is 0.123. The molecule has 0 radical (unpaired) electrons. The third-order valence-electron chi connectivity index (χ3n) is 2.96. The van der Waals surface area contributed by atoms with Gasteiger partial charge >= 0.3 is 5.97 Å². The number of carboxylic acid groups (broad SMARTS) is 1. The lowest BCUT2D eigenvalue weighted by Gasteiger charge is -2.36. The van der Waals surface area contributed by atoms with E-state index in [1.807, 2.05) is 26.8 Å². The number of aliphatic carboxylic acids is 1. The molecule has 92 valence electrons. The lowest BCUT2D eigenvalue weighted by Crippen LogP contribution is -2.54. The molecule has 0 amide bonds. The molecular formula is C12H16N2O3. The number of rotatable bonds is 2. The van der Waals surface area contributed by atoms with Crippen molar-refractivity contribution in [2.75, 3.05) is 13.2 Å². The van der Waals surface area contributed by atoms with Crippen LogP contribution < -0.4 is 0 Å². The van der Waals surface area contributed by atoms with E-state index in [9.17, 15) is 9.90 Å². The summed E-state index contributed by atoms with van der Waals surface area (Å²) in [5.74, 6) is -0.571. The first kappa shape index (κ1) is 12.0. The third kappa shape index (κ3) is 1.91. The summed E-state index contributed by atoms with van der Waals surface area (Å²) in [5.41, 5.74) is -0.335. The maximum absolute atomic E-state index is 11.3. The van der Waals surface area contributed by atoms with Crippen molar-refractivity contribution >= 4 is 5.97 Å². The van der Waals surface area contributed by atoms with Crippen LogP contribution in [0.4, 0.5) is 0 Å². The van der Waals surface area contributed by atoms with Crippen LogP contribution in [0.25, 0.3) is 0 Å². The number of carboxylic acids is 1. The van der Waals surface area contributed by atoms with Crippen LogP contribution >= 0.6 is 0 Å². The van der Waals surface area contributed by atoms with Gasteiger partial charge in [-0.25, -0.2) is 9.97 Å². The largest absolute Gasteiger partial charge is 0.480 e. The first-order valence-electron chi connectivity index (χ1n) is 5.51.